The molecule has 0 bridgehead atoms. The van der Waals surface area contributed by atoms with E-state index in [0.717, 1.165) is 6.26 Å². The molecular formula is C10H10BrClO3S. The van der Waals surface area contributed by atoms with E-state index in [1.807, 2.05) is 0 Å². The zero-order valence-corrected chi connectivity index (χ0v) is 11.7. The molecule has 0 saturated carbocycles. The number of hydrogen-bond acceptors (Lipinski definition) is 3. The second-order valence-electron chi connectivity index (χ2n) is 3.43. The van der Waals surface area contributed by atoms with Crippen molar-refractivity contribution < 1.29 is 13.2 Å². The monoisotopic (exact) mass is 324 g/mol. The predicted octanol–water partition coefficient (Wildman–Crippen LogP) is 2.72. The molecule has 0 aliphatic heterocycles. The summed E-state index contributed by atoms with van der Waals surface area (Å²) >= 11 is 8.98. The van der Waals surface area contributed by atoms with E-state index in [9.17, 15) is 13.2 Å². The van der Waals surface area contributed by atoms with E-state index in [0.29, 0.717) is 15.1 Å². The number of carbonyl (C=O) groups excluding carboxylic acids is 1. The highest BCUT2D eigenvalue weighted by atomic mass is 79.9. The summed E-state index contributed by atoms with van der Waals surface area (Å²) in [6, 6.07) is 4.77. The van der Waals surface area contributed by atoms with Crippen molar-refractivity contribution in [1.29, 1.82) is 0 Å². The van der Waals surface area contributed by atoms with Crippen LogP contribution in [0.3, 0.4) is 0 Å². The molecule has 0 aliphatic rings. The molecule has 0 atom stereocenters. The van der Waals surface area contributed by atoms with E-state index in [1.165, 1.54) is 0 Å². The molecule has 0 heterocycles. The van der Waals surface area contributed by atoms with Crippen LogP contribution < -0.4 is 0 Å². The fraction of sp³-hybridized carbons (Fsp3) is 0.300. The molecule has 0 N–H and O–H groups in total. The minimum Gasteiger partial charge on any atom is -0.294 e. The lowest BCUT2D eigenvalue weighted by Crippen LogP contribution is -2.09. The van der Waals surface area contributed by atoms with Crippen LogP contribution in [0.15, 0.2) is 22.7 Å². The van der Waals surface area contributed by atoms with Crippen molar-refractivity contribution in [3.8, 4) is 0 Å². The molecule has 0 aromatic heterocycles. The van der Waals surface area contributed by atoms with Gasteiger partial charge in [0.25, 0.3) is 0 Å². The number of hydrogen-bond donors (Lipinski definition) is 0. The Labute approximate surface area is 108 Å². The lowest BCUT2D eigenvalue weighted by molar-refractivity contribution is 0.0988. The first-order chi connectivity index (χ1) is 7.29. The maximum atomic E-state index is 11.6. The standard InChI is InChI=1S/C10H10BrClO3S/c1-16(14,15)5-4-10(13)7-2-3-9(12)8(11)6-7/h2-3,6H,4-5H2,1H3. The second kappa shape index (κ2) is 5.29. The van der Waals surface area contributed by atoms with E-state index in [-0.39, 0.29) is 18.0 Å². The molecule has 1 aromatic carbocycles. The van der Waals surface area contributed by atoms with Crippen LogP contribution in [0.2, 0.25) is 5.02 Å². The van der Waals surface area contributed by atoms with Crippen LogP contribution in [0, 0.1) is 0 Å². The smallest absolute Gasteiger partial charge is 0.163 e. The van der Waals surface area contributed by atoms with Gasteiger partial charge in [-0.15, -0.1) is 0 Å². The minimum absolute atomic E-state index is 0.00704. The number of Topliss-reactive ketones (excluding diaryl/α,β-unsaturated/α-hetero) is 1. The maximum Gasteiger partial charge on any atom is 0.163 e. The topological polar surface area (TPSA) is 51.2 Å². The normalized spacial score (nSPS) is 11.4. The average Bonchev–Trinajstić information content (AvgIpc) is 2.17. The van der Waals surface area contributed by atoms with Crippen molar-refractivity contribution in [3.05, 3.63) is 33.3 Å². The first kappa shape index (κ1) is 13.7. The van der Waals surface area contributed by atoms with Crippen LogP contribution >= 0.6 is 27.5 Å². The van der Waals surface area contributed by atoms with Crippen molar-refractivity contribution in [2.24, 2.45) is 0 Å². The van der Waals surface area contributed by atoms with Gasteiger partial charge in [-0.05, 0) is 34.1 Å². The summed E-state index contributed by atoms with van der Waals surface area (Å²) < 4.78 is 22.4. The number of halogens is 2. The van der Waals surface area contributed by atoms with Crippen molar-refractivity contribution in [2.75, 3.05) is 12.0 Å². The van der Waals surface area contributed by atoms with Gasteiger partial charge in [-0.1, -0.05) is 11.6 Å². The lowest BCUT2D eigenvalue weighted by atomic mass is 10.1. The summed E-state index contributed by atoms with van der Waals surface area (Å²) in [4.78, 5) is 11.6. The van der Waals surface area contributed by atoms with Crippen LogP contribution in [0.5, 0.6) is 0 Å². The van der Waals surface area contributed by atoms with Gasteiger partial charge in [0.05, 0.1) is 10.8 Å². The molecule has 0 amide bonds. The molecule has 0 saturated heterocycles. The number of ketones is 1. The number of benzene rings is 1. The van der Waals surface area contributed by atoms with Crippen molar-refractivity contribution in [2.45, 2.75) is 6.42 Å². The third-order valence-corrected chi connectivity index (χ3v) is 4.10. The minimum atomic E-state index is -3.10. The second-order valence-corrected chi connectivity index (χ2v) is 6.95. The third kappa shape index (κ3) is 4.23. The molecule has 0 spiro atoms. The van der Waals surface area contributed by atoms with Gasteiger partial charge < -0.3 is 0 Å². The Balaban J connectivity index is 2.78. The summed E-state index contributed by atoms with van der Waals surface area (Å²) in [7, 11) is -3.10. The fourth-order valence-corrected chi connectivity index (χ4v) is 2.14. The Morgan fingerprint density at radius 3 is 2.56 bits per heavy atom. The van der Waals surface area contributed by atoms with Crippen LogP contribution in [0.25, 0.3) is 0 Å². The number of rotatable bonds is 4. The molecule has 1 rings (SSSR count). The average molecular weight is 326 g/mol. The zero-order chi connectivity index (χ0) is 12.3. The lowest BCUT2D eigenvalue weighted by Gasteiger charge is -2.02. The van der Waals surface area contributed by atoms with Crippen molar-refractivity contribution in [3.63, 3.8) is 0 Å². The van der Waals surface area contributed by atoms with Crippen LogP contribution in [0.4, 0.5) is 0 Å². The van der Waals surface area contributed by atoms with Gasteiger partial charge in [0, 0.05) is 22.7 Å². The summed E-state index contributed by atoms with van der Waals surface area (Å²) in [5.41, 5.74) is 0.458. The zero-order valence-electron chi connectivity index (χ0n) is 8.54. The first-order valence-corrected chi connectivity index (χ1v) is 7.69. The Bertz CT molecular complexity index is 511. The van der Waals surface area contributed by atoms with Gasteiger partial charge in [-0.3, -0.25) is 4.79 Å². The molecule has 88 valence electrons. The highest BCUT2D eigenvalue weighted by Gasteiger charge is 2.11. The largest absolute Gasteiger partial charge is 0.294 e. The Morgan fingerprint density at radius 2 is 2.06 bits per heavy atom. The first-order valence-electron chi connectivity index (χ1n) is 4.45. The molecular weight excluding hydrogens is 316 g/mol. The number of carbonyl (C=O) groups is 1. The molecule has 6 heteroatoms. The molecule has 0 aliphatic carbocycles. The van der Waals surface area contributed by atoms with Gasteiger partial charge in [0.1, 0.15) is 9.84 Å². The summed E-state index contributed by atoms with van der Waals surface area (Å²) in [5.74, 6) is -0.339. The van der Waals surface area contributed by atoms with Crippen molar-refractivity contribution in [1.82, 2.24) is 0 Å². The van der Waals surface area contributed by atoms with E-state index in [1.54, 1.807) is 18.2 Å². The molecule has 1 aromatic rings. The van der Waals surface area contributed by atoms with E-state index >= 15 is 0 Å². The Morgan fingerprint density at radius 1 is 1.44 bits per heavy atom. The maximum absolute atomic E-state index is 11.6. The molecule has 0 radical (unpaired) electrons. The Kier molecular flexibility index (Phi) is 4.52. The van der Waals surface area contributed by atoms with Crippen LogP contribution in [-0.2, 0) is 9.84 Å². The van der Waals surface area contributed by atoms with E-state index < -0.39 is 9.84 Å². The number of sulfone groups is 1. The summed E-state index contributed by atoms with van der Waals surface area (Å²) in [5, 5.41) is 0.514. The van der Waals surface area contributed by atoms with Gasteiger partial charge in [-0.2, -0.15) is 0 Å². The van der Waals surface area contributed by atoms with E-state index in [4.69, 9.17) is 11.6 Å². The van der Waals surface area contributed by atoms with Crippen LogP contribution in [-0.4, -0.2) is 26.2 Å². The Hall–Kier alpha value is -0.390. The highest BCUT2D eigenvalue weighted by molar-refractivity contribution is 9.10. The third-order valence-electron chi connectivity index (χ3n) is 1.94. The fourth-order valence-electron chi connectivity index (χ4n) is 1.09. The van der Waals surface area contributed by atoms with Crippen molar-refractivity contribution >= 4 is 43.2 Å². The highest BCUT2D eigenvalue weighted by Crippen LogP contribution is 2.23. The van der Waals surface area contributed by atoms with Gasteiger partial charge in [-0.25, -0.2) is 8.42 Å². The SMILES string of the molecule is CS(=O)(=O)CCC(=O)c1ccc(Cl)c(Br)c1. The summed E-state index contributed by atoms with van der Waals surface area (Å²) in [6.07, 6.45) is 1.10. The molecule has 3 nitrogen and oxygen atoms in total. The predicted molar refractivity (Wildman–Crippen MR) is 67.8 cm³/mol. The van der Waals surface area contributed by atoms with Gasteiger partial charge in [0.2, 0.25) is 0 Å². The molecule has 0 fully saturated rings. The van der Waals surface area contributed by atoms with Gasteiger partial charge in [0.15, 0.2) is 5.78 Å². The summed E-state index contributed by atoms with van der Waals surface area (Å²) in [6.45, 7) is 0. The quantitative estimate of drug-likeness (QED) is 0.800. The molecule has 16 heavy (non-hydrogen) atoms. The molecule has 0 unspecified atom stereocenters. The van der Waals surface area contributed by atoms with Gasteiger partial charge >= 0.3 is 0 Å². The van der Waals surface area contributed by atoms with Crippen LogP contribution in [0.1, 0.15) is 16.8 Å². The van der Waals surface area contributed by atoms with E-state index in [2.05, 4.69) is 15.9 Å².